The molecule has 0 amide bonds. The molecule has 1 aliphatic rings. The van der Waals surface area contributed by atoms with Crippen molar-refractivity contribution in [2.24, 2.45) is 4.99 Å². The zero-order valence-corrected chi connectivity index (χ0v) is 17.5. The predicted molar refractivity (Wildman–Crippen MR) is 112 cm³/mol. The Bertz CT molecular complexity index is 1000. The van der Waals surface area contributed by atoms with E-state index in [1.165, 1.54) is 13.2 Å². The summed E-state index contributed by atoms with van der Waals surface area (Å²) in [5.74, 6) is 0.0353. The zero-order chi connectivity index (χ0) is 22.6. The van der Waals surface area contributed by atoms with Crippen LogP contribution in [0.1, 0.15) is 36.6 Å². The van der Waals surface area contributed by atoms with E-state index in [-0.39, 0.29) is 6.54 Å². The molecule has 0 saturated carbocycles. The summed E-state index contributed by atoms with van der Waals surface area (Å²) in [6, 6.07) is 14.0. The minimum Gasteiger partial charge on any atom is -0.466 e. The molecule has 0 bridgehead atoms. The van der Waals surface area contributed by atoms with Crippen molar-refractivity contribution in [3.8, 4) is 0 Å². The summed E-state index contributed by atoms with van der Waals surface area (Å²) in [5.41, 5.74) is 1.74. The third-order valence-corrected chi connectivity index (χ3v) is 5.13. The van der Waals surface area contributed by atoms with Gasteiger partial charge in [-0.25, -0.2) is 9.79 Å². The standard InChI is InChI=1S/C23H24F3N3O2/c1-4-29-15(2)19(21(30)31-3)20(17-10-6-5-7-11-17)28-22(29)27-14-16-9-8-12-18(13-16)23(24,25)26/h5-13,20H,4,14H2,1-3H3,(H,27,28). The molecular weight excluding hydrogens is 407 g/mol. The van der Waals surface area contributed by atoms with E-state index >= 15 is 0 Å². The van der Waals surface area contributed by atoms with Gasteiger partial charge in [0.25, 0.3) is 0 Å². The monoisotopic (exact) mass is 431 g/mol. The molecule has 3 rings (SSSR count). The van der Waals surface area contributed by atoms with Gasteiger partial charge in [0.05, 0.1) is 30.8 Å². The molecule has 0 spiro atoms. The van der Waals surface area contributed by atoms with Gasteiger partial charge < -0.3 is 15.0 Å². The van der Waals surface area contributed by atoms with Gasteiger partial charge >= 0.3 is 12.1 Å². The number of aliphatic imine (C=N–C) groups is 1. The van der Waals surface area contributed by atoms with Crippen LogP contribution in [0.2, 0.25) is 0 Å². The van der Waals surface area contributed by atoms with Gasteiger partial charge in [-0.15, -0.1) is 0 Å². The molecule has 0 fully saturated rings. The Morgan fingerprint density at radius 1 is 1.16 bits per heavy atom. The van der Waals surface area contributed by atoms with Gasteiger partial charge in [-0.1, -0.05) is 42.5 Å². The molecule has 1 aliphatic heterocycles. The lowest BCUT2D eigenvalue weighted by Gasteiger charge is -2.37. The highest BCUT2D eigenvalue weighted by Gasteiger charge is 2.34. The van der Waals surface area contributed by atoms with Crippen LogP contribution in [-0.2, 0) is 22.3 Å². The first-order valence-corrected chi connectivity index (χ1v) is 9.85. The lowest BCUT2D eigenvalue weighted by Crippen LogP contribution is -2.49. The number of nitrogens with zero attached hydrogens (tertiary/aromatic N) is 2. The van der Waals surface area contributed by atoms with E-state index in [1.54, 1.807) is 6.07 Å². The number of carbonyl (C=O) groups is 1. The molecule has 0 aliphatic carbocycles. The Morgan fingerprint density at radius 3 is 2.48 bits per heavy atom. The molecule has 2 aromatic carbocycles. The number of methoxy groups -OCH3 is 1. The van der Waals surface area contributed by atoms with Gasteiger partial charge in [-0.3, -0.25) is 0 Å². The van der Waals surface area contributed by atoms with Crippen molar-refractivity contribution in [1.29, 1.82) is 0 Å². The summed E-state index contributed by atoms with van der Waals surface area (Å²) in [6.45, 7) is 4.29. The van der Waals surface area contributed by atoms with Crippen molar-refractivity contribution < 1.29 is 22.7 Å². The van der Waals surface area contributed by atoms with Gasteiger partial charge in [-0.05, 0) is 37.1 Å². The second kappa shape index (κ2) is 9.24. The maximum atomic E-state index is 13.0. The molecule has 31 heavy (non-hydrogen) atoms. The fraction of sp³-hybridized carbons (Fsp3) is 0.304. The summed E-state index contributed by atoms with van der Waals surface area (Å²) in [6.07, 6.45) is -4.41. The average Bonchev–Trinajstić information content (AvgIpc) is 2.77. The smallest absolute Gasteiger partial charge is 0.416 e. The number of guanidine groups is 1. The quantitative estimate of drug-likeness (QED) is 0.699. The number of hydrogen-bond donors (Lipinski definition) is 1. The summed E-state index contributed by atoms with van der Waals surface area (Å²) < 4.78 is 44.1. The number of allylic oxidation sites excluding steroid dienone is 1. The van der Waals surface area contributed by atoms with E-state index in [4.69, 9.17) is 4.74 Å². The van der Waals surface area contributed by atoms with Crippen LogP contribution in [0.25, 0.3) is 0 Å². The van der Waals surface area contributed by atoms with Crippen molar-refractivity contribution >= 4 is 11.9 Å². The Hall–Kier alpha value is -3.29. The fourth-order valence-corrected chi connectivity index (χ4v) is 3.59. The average molecular weight is 431 g/mol. The van der Waals surface area contributed by atoms with E-state index in [1.807, 2.05) is 49.1 Å². The molecule has 0 radical (unpaired) electrons. The maximum Gasteiger partial charge on any atom is 0.416 e. The molecule has 0 aromatic heterocycles. The number of hydrogen-bond acceptors (Lipinski definition) is 3. The van der Waals surface area contributed by atoms with Gasteiger partial charge in [0, 0.05) is 12.2 Å². The highest BCUT2D eigenvalue weighted by atomic mass is 19.4. The number of rotatable bonds is 5. The summed E-state index contributed by atoms with van der Waals surface area (Å²) in [4.78, 5) is 18.9. The molecule has 5 nitrogen and oxygen atoms in total. The van der Waals surface area contributed by atoms with Crippen molar-refractivity contribution in [3.63, 3.8) is 0 Å². The minimum atomic E-state index is -4.41. The molecule has 1 heterocycles. The number of benzene rings is 2. The fourth-order valence-electron chi connectivity index (χ4n) is 3.59. The Kier molecular flexibility index (Phi) is 6.68. The first-order chi connectivity index (χ1) is 14.8. The lowest BCUT2D eigenvalue weighted by atomic mass is 9.95. The third-order valence-electron chi connectivity index (χ3n) is 5.13. The van der Waals surface area contributed by atoms with Crippen molar-refractivity contribution in [1.82, 2.24) is 10.2 Å². The third kappa shape index (κ3) is 4.90. The van der Waals surface area contributed by atoms with Crippen LogP contribution in [0.3, 0.4) is 0 Å². The largest absolute Gasteiger partial charge is 0.466 e. The zero-order valence-electron chi connectivity index (χ0n) is 17.5. The number of esters is 1. The van der Waals surface area contributed by atoms with Crippen molar-refractivity contribution in [2.45, 2.75) is 32.6 Å². The van der Waals surface area contributed by atoms with E-state index < -0.39 is 23.8 Å². The molecule has 0 saturated heterocycles. The first kappa shape index (κ1) is 22.4. The Morgan fingerprint density at radius 2 is 1.87 bits per heavy atom. The van der Waals surface area contributed by atoms with Crippen LogP contribution in [0.5, 0.6) is 0 Å². The van der Waals surface area contributed by atoms with Crippen LogP contribution in [0.15, 0.2) is 70.9 Å². The normalized spacial score (nSPS) is 18.2. The lowest BCUT2D eigenvalue weighted by molar-refractivity contribution is -0.138. The van der Waals surface area contributed by atoms with Crippen LogP contribution in [0.4, 0.5) is 13.2 Å². The van der Waals surface area contributed by atoms with Crippen LogP contribution >= 0.6 is 0 Å². The van der Waals surface area contributed by atoms with Gasteiger partial charge in [-0.2, -0.15) is 13.2 Å². The first-order valence-electron chi connectivity index (χ1n) is 9.85. The predicted octanol–water partition coefficient (Wildman–Crippen LogP) is 4.67. The molecular formula is C23H24F3N3O2. The van der Waals surface area contributed by atoms with Gasteiger partial charge in [0.2, 0.25) is 0 Å². The van der Waals surface area contributed by atoms with Crippen LogP contribution in [0, 0.1) is 0 Å². The molecule has 164 valence electrons. The van der Waals surface area contributed by atoms with Crippen molar-refractivity contribution in [3.05, 3.63) is 82.6 Å². The Balaban J connectivity index is 1.99. The minimum absolute atomic E-state index is 0.0606. The topological polar surface area (TPSA) is 53.9 Å². The SMILES string of the molecule is CCN1C(=NCc2cccc(C(F)(F)F)c2)NC(c2ccccc2)C(C(=O)OC)=C1C. The molecule has 8 heteroatoms. The number of halogens is 3. The molecule has 1 unspecified atom stereocenters. The number of carbonyl (C=O) groups excluding carboxylic acids is 1. The second-order valence-corrected chi connectivity index (χ2v) is 7.06. The van der Waals surface area contributed by atoms with Crippen LogP contribution < -0.4 is 5.32 Å². The summed E-state index contributed by atoms with van der Waals surface area (Å²) >= 11 is 0. The number of nitrogens with one attached hydrogen (secondary N) is 1. The van der Waals surface area contributed by atoms with E-state index in [0.717, 1.165) is 17.7 Å². The van der Waals surface area contributed by atoms with Gasteiger partial charge in [0.1, 0.15) is 0 Å². The Labute approximate surface area is 179 Å². The van der Waals surface area contributed by atoms with Crippen molar-refractivity contribution in [2.75, 3.05) is 13.7 Å². The summed E-state index contributed by atoms with van der Waals surface area (Å²) in [5, 5.41) is 3.28. The second-order valence-electron chi connectivity index (χ2n) is 7.06. The van der Waals surface area contributed by atoms with E-state index in [0.29, 0.717) is 29.3 Å². The highest BCUT2D eigenvalue weighted by molar-refractivity contribution is 5.96. The number of alkyl halides is 3. The molecule has 2 aromatic rings. The maximum absolute atomic E-state index is 13.0. The van der Waals surface area contributed by atoms with Crippen LogP contribution in [-0.4, -0.2) is 30.5 Å². The van der Waals surface area contributed by atoms with E-state index in [2.05, 4.69) is 10.3 Å². The summed E-state index contributed by atoms with van der Waals surface area (Å²) in [7, 11) is 1.33. The number of ether oxygens (including phenoxy) is 1. The molecule has 1 atom stereocenters. The van der Waals surface area contributed by atoms with E-state index in [9.17, 15) is 18.0 Å². The van der Waals surface area contributed by atoms with Gasteiger partial charge in [0.15, 0.2) is 5.96 Å². The molecule has 1 N–H and O–H groups in total. The highest BCUT2D eigenvalue weighted by Crippen LogP contribution is 2.32.